The molecule has 0 N–H and O–H groups in total. The van der Waals surface area contributed by atoms with Crippen LogP contribution in [0.3, 0.4) is 0 Å². The van der Waals surface area contributed by atoms with Crippen molar-refractivity contribution in [3.8, 4) is 57.9 Å². The average Bonchev–Trinajstić information content (AvgIpc) is 3.74. The fourth-order valence-electron chi connectivity index (χ4n) is 7.80. The Labute approximate surface area is 317 Å². The highest BCUT2D eigenvalue weighted by Gasteiger charge is 2.31. The van der Waals surface area contributed by atoms with Crippen LogP contribution in [0.5, 0.6) is 0 Å². The number of nitrogens with zero attached hydrogens (tertiary/aromatic N) is 6. The normalized spacial score (nSPS) is 11.4. The van der Waals surface area contributed by atoms with E-state index in [1.807, 2.05) is 97.1 Å². The molecule has 6 nitrogen and oxygen atoms in total. The summed E-state index contributed by atoms with van der Waals surface area (Å²) in [5.41, 5.74) is 7.23. The van der Waals surface area contributed by atoms with Gasteiger partial charge in [-0.25, -0.2) is 0 Å². The fourth-order valence-corrected chi connectivity index (χ4v) is 7.80. The summed E-state index contributed by atoms with van der Waals surface area (Å²) >= 11 is 0. The van der Waals surface area contributed by atoms with Crippen LogP contribution in [0.4, 0.5) is 13.2 Å². The van der Waals surface area contributed by atoms with Gasteiger partial charge in [-0.05, 0) is 96.1 Å². The SMILES string of the molecule is N#Cc1ccc(-c2cc(-c3ccc(C(F)(F)F)cc3C#N)ccc2-n2c3ccccc3c3cc(C#N)ccc32)c(-n2c3ccccc3c3cc(C#N)ccc32)c1. The fraction of sp³-hybridized carbons (Fsp3) is 0.0213. The van der Waals surface area contributed by atoms with Crippen molar-refractivity contribution in [1.82, 2.24) is 9.13 Å². The van der Waals surface area contributed by atoms with Crippen LogP contribution in [-0.4, -0.2) is 9.13 Å². The molecule has 0 amide bonds. The molecule has 0 saturated heterocycles. The largest absolute Gasteiger partial charge is 0.416 e. The Balaban J connectivity index is 1.42. The van der Waals surface area contributed by atoms with Gasteiger partial charge in [0.05, 0.1) is 85.5 Å². The standard InChI is InChI=1S/C47H23F3N6/c48-47(49,50)33-13-15-34(32(22-33)27-54)31-12-18-45(55-41-7-3-1-5-35(41)38-19-28(24-51)10-16-43(38)55)40(23-31)37-14-9-30(26-53)21-46(37)56-42-8-4-2-6-36(42)39-20-29(25-52)11-17-44(39)56/h1-23H. The van der Waals surface area contributed by atoms with E-state index < -0.39 is 11.7 Å². The zero-order chi connectivity index (χ0) is 38.7. The second-order valence-electron chi connectivity index (χ2n) is 13.3. The Kier molecular flexibility index (Phi) is 7.69. The van der Waals surface area contributed by atoms with E-state index in [1.165, 1.54) is 6.07 Å². The zero-order valence-electron chi connectivity index (χ0n) is 29.1. The number of nitriles is 4. The predicted molar refractivity (Wildman–Crippen MR) is 210 cm³/mol. The molecule has 9 rings (SSSR count). The van der Waals surface area contributed by atoms with Crippen molar-refractivity contribution in [2.75, 3.05) is 0 Å². The predicted octanol–water partition coefficient (Wildman–Crippen LogP) is 11.7. The van der Waals surface area contributed by atoms with E-state index in [0.29, 0.717) is 50.3 Å². The van der Waals surface area contributed by atoms with Crippen LogP contribution in [0.25, 0.3) is 77.2 Å². The average molecular weight is 729 g/mol. The number of hydrogen-bond donors (Lipinski definition) is 0. The monoisotopic (exact) mass is 728 g/mol. The van der Waals surface area contributed by atoms with Gasteiger partial charge in [0.1, 0.15) is 0 Å². The molecule has 0 radical (unpaired) electrons. The summed E-state index contributed by atoms with van der Waals surface area (Å²) in [6, 6.07) is 49.5. The second kappa shape index (κ2) is 12.8. The van der Waals surface area contributed by atoms with Gasteiger partial charge in [0.15, 0.2) is 0 Å². The van der Waals surface area contributed by atoms with Crippen molar-refractivity contribution < 1.29 is 13.2 Å². The number of aromatic nitrogens is 2. The first kappa shape index (κ1) is 33.7. The highest BCUT2D eigenvalue weighted by Crippen LogP contribution is 2.43. The molecule has 9 aromatic rings. The Hall–Kier alpha value is -8.11. The number of para-hydroxylation sites is 2. The van der Waals surface area contributed by atoms with Gasteiger partial charge >= 0.3 is 6.18 Å². The third-order valence-corrected chi connectivity index (χ3v) is 10.3. The molecule has 0 aliphatic rings. The van der Waals surface area contributed by atoms with Crippen LogP contribution >= 0.6 is 0 Å². The Morgan fingerprint density at radius 1 is 0.411 bits per heavy atom. The van der Waals surface area contributed by atoms with E-state index in [9.17, 15) is 34.2 Å². The maximum absolute atomic E-state index is 13.8. The molecule has 9 heteroatoms. The molecule has 0 spiro atoms. The van der Waals surface area contributed by atoms with Crippen LogP contribution < -0.4 is 0 Å². The summed E-state index contributed by atoms with van der Waals surface area (Å²) in [6.45, 7) is 0. The van der Waals surface area contributed by atoms with Crippen molar-refractivity contribution in [2.45, 2.75) is 6.18 Å². The van der Waals surface area contributed by atoms with Crippen LogP contribution in [0.15, 0.2) is 140 Å². The summed E-state index contributed by atoms with van der Waals surface area (Å²) in [6.07, 6.45) is -4.63. The molecule has 56 heavy (non-hydrogen) atoms. The molecule has 0 unspecified atom stereocenters. The molecule has 2 heterocycles. The quantitative estimate of drug-likeness (QED) is 0.180. The summed E-state index contributed by atoms with van der Waals surface area (Å²) in [4.78, 5) is 0. The van der Waals surface area contributed by atoms with Gasteiger partial charge in [0.2, 0.25) is 0 Å². The van der Waals surface area contributed by atoms with E-state index in [-0.39, 0.29) is 5.56 Å². The lowest BCUT2D eigenvalue weighted by Crippen LogP contribution is -2.05. The minimum Gasteiger partial charge on any atom is -0.309 e. The lowest BCUT2D eigenvalue weighted by molar-refractivity contribution is -0.137. The van der Waals surface area contributed by atoms with Crippen LogP contribution in [-0.2, 0) is 6.18 Å². The van der Waals surface area contributed by atoms with Gasteiger partial charge in [-0.3, -0.25) is 0 Å². The lowest BCUT2D eigenvalue weighted by Gasteiger charge is -2.20. The van der Waals surface area contributed by atoms with Gasteiger partial charge in [-0.1, -0.05) is 54.6 Å². The minimum absolute atomic E-state index is 0.129. The number of hydrogen-bond acceptors (Lipinski definition) is 4. The minimum atomic E-state index is -4.63. The van der Waals surface area contributed by atoms with Gasteiger partial charge in [-0.15, -0.1) is 0 Å². The number of halogens is 3. The molecule has 0 bridgehead atoms. The Morgan fingerprint density at radius 2 is 0.929 bits per heavy atom. The van der Waals surface area contributed by atoms with Gasteiger partial charge in [-0.2, -0.15) is 34.2 Å². The molecule has 0 saturated carbocycles. The highest BCUT2D eigenvalue weighted by molar-refractivity contribution is 6.12. The second-order valence-corrected chi connectivity index (χ2v) is 13.3. The lowest BCUT2D eigenvalue weighted by atomic mass is 9.92. The van der Waals surface area contributed by atoms with Crippen LogP contribution in [0.1, 0.15) is 27.8 Å². The van der Waals surface area contributed by atoms with Crippen molar-refractivity contribution in [3.05, 3.63) is 167 Å². The number of rotatable bonds is 4. The van der Waals surface area contributed by atoms with Crippen molar-refractivity contribution in [3.63, 3.8) is 0 Å². The smallest absolute Gasteiger partial charge is 0.309 e. The number of benzene rings is 7. The third-order valence-electron chi connectivity index (χ3n) is 10.3. The maximum atomic E-state index is 13.8. The summed E-state index contributed by atoms with van der Waals surface area (Å²) in [5, 5.41) is 43.4. The topological polar surface area (TPSA) is 105 Å². The van der Waals surface area contributed by atoms with Crippen molar-refractivity contribution >= 4 is 43.6 Å². The maximum Gasteiger partial charge on any atom is 0.416 e. The summed E-state index contributed by atoms with van der Waals surface area (Å²) in [5.74, 6) is 0. The zero-order valence-corrected chi connectivity index (χ0v) is 29.1. The Morgan fingerprint density at radius 3 is 1.50 bits per heavy atom. The molecule has 262 valence electrons. The summed E-state index contributed by atoms with van der Waals surface area (Å²) < 4.78 is 45.5. The van der Waals surface area contributed by atoms with Gasteiger partial charge in [0, 0.05) is 32.7 Å². The number of fused-ring (bicyclic) bond motifs is 6. The first-order valence-electron chi connectivity index (χ1n) is 17.4. The van der Waals surface area contributed by atoms with Gasteiger partial charge < -0.3 is 9.13 Å². The Bertz CT molecular complexity index is 3300. The van der Waals surface area contributed by atoms with Crippen LogP contribution in [0, 0.1) is 45.3 Å². The summed E-state index contributed by atoms with van der Waals surface area (Å²) in [7, 11) is 0. The third kappa shape index (κ3) is 5.24. The molecular formula is C47H23F3N6. The first-order chi connectivity index (χ1) is 27.2. The first-order valence-corrected chi connectivity index (χ1v) is 17.4. The molecular weight excluding hydrogens is 706 g/mol. The molecule has 7 aromatic carbocycles. The van der Waals surface area contributed by atoms with Crippen molar-refractivity contribution in [1.29, 1.82) is 21.0 Å². The number of alkyl halides is 3. The molecule has 0 aliphatic heterocycles. The van der Waals surface area contributed by atoms with E-state index in [2.05, 4.69) is 27.3 Å². The highest BCUT2D eigenvalue weighted by atomic mass is 19.4. The van der Waals surface area contributed by atoms with E-state index >= 15 is 0 Å². The van der Waals surface area contributed by atoms with Gasteiger partial charge in [0.25, 0.3) is 0 Å². The molecule has 2 aromatic heterocycles. The molecule has 0 atom stereocenters. The van der Waals surface area contributed by atoms with Crippen molar-refractivity contribution in [2.24, 2.45) is 0 Å². The van der Waals surface area contributed by atoms with E-state index in [4.69, 9.17) is 0 Å². The van der Waals surface area contributed by atoms with Crippen LogP contribution in [0.2, 0.25) is 0 Å². The van der Waals surface area contributed by atoms with E-state index in [1.54, 1.807) is 30.3 Å². The molecule has 0 aliphatic carbocycles. The van der Waals surface area contributed by atoms with E-state index in [0.717, 1.165) is 55.7 Å². The molecule has 0 fully saturated rings.